The maximum atomic E-state index is 10.7. The Morgan fingerprint density at radius 2 is 0.527 bits per heavy atom. The molecule has 0 aromatic carbocycles. The first-order valence-electron chi connectivity index (χ1n) is 17.8. The second-order valence-electron chi connectivity index (χ2n) is 12.6. The summed E-state index contributed by atoms with van der Waals surface area (Å²) in [4.78, 5) is 8.20. The fourth-order valence-electron chi connectivity index (χ4n) is 4.75. The molecule has 0 atom stereocenters. The van der Waals surface area contributed by atoms with Crippen molar-refractivity contribution in [2.24, 2.45) is 0 Å². The normalized spacial score (nSPS) is 15.1. The van der Waals surface area contributed by atoms with E-state index in [1.165, 1.54) is 155 Å². The first-order chi connectivity index (χ1) is 24.5. The van der Waals surface area contributed by atoms with Crippen LogP contribution in [0.25, 0.3) is 0 Å². The molecule has 1 aliphatic heterocycles. The van der Waals surface area contributed by atoms with Crippen LogP contribution in [0.15, 0.2) is 0 Å². The molecule has 0 saturated carbocycles. The first-order valence-corrected chi connectivity index (χ1v) is 22.0. The van der Waals surface area contributed by atoms with Crippen molar-refractivity contribution in [3.05, 3.63) is 0 Å². The molecule has 0 aromatic heterocycles. The van der Waals surface area contributed by atoms with Gasteiger partial charge in [0.15, 0.2) is 30.4 Å². The molecule has 0 spiro atoms. The van der Waals surface area contributed by atoms with Gasteiger partial charge in [-0.15, -0.1) is 0 Å². The van der Waals surface area contributed by atoms with E-state index in [-0.39, 0.29) is 17.4 Å². The van der Waals surface area contributed by atoms with Gasteiger partial charge in [-0.3, -0.25) is 14.7 Å². The Morgan fingerprint density at radius 1 is 0.382 bits per heavy atom. The van der Waals surface area contributed by atoms with Gasteiger partial charge in [-0.05, 0) is 19.3 Å². The zero-order chi connectivity index (χ0) is 42.7. The van der Waals surface area contributed by atoms with Crippen molar-refractivity contribution < 1.29 is 95.8 Å². The Morgan fingerprint density at radius 3 is 0.673 bits per heavy atom. The van der Waals surface area contributed by atoms with Crippen LogP contribution in [0.1, 0.15) is 136 Å². The Hall–Kier alpha value is -0.488. The molecule has 1 saturated heterocycles. The average molecular weight is 923 g/mol. The van der Waals surface area contributed by atoms with E-state index in [1.807, 2.05) is 0 Å². The number of rotatable bonds is 21. The third kappa shape index (κ3) is 36.3. The first kappa shape index (κ1) is 61.2. The van der Waals surface area contributed by atoms with Crippen LogP contribution in [-0.2, 0) is 47.7 Å². The summed E-state index contributed by atoms with van der Waals surface area (Å²) in [6.45, 7) is 14.4. The predicted octanol–water partition coefficient (Wildman–Crippen LogP) is 8.01. The van der Waals surface area contributed by atoms with Crippen LogP contribution in [0.2, 0.25) is 0 Å². The molecule has 12 nitrogen and oxygen atoms in total. The van der Waals surface area contributed by atoms with Gasteiger partial charge in [0.2, 0.25) is 0 Å². The third-order valence-corrected chi connectivity index (χ3v) is 9.23. The minimum absolute atomic E-state index is 0. The van der Waals surface area contributed by atoms with Gasteiger partial charge in [-0.25, -0.2) is 25.3 Å². The zero-order valence-corrected chi connectivity index (χ0v) is 35.2. The summed E-state index contributed by atoms with van der Waals surface area (Å²) in [5, 5.41) is 0. The predicted molar refractivity (Wildman–Crippen MR) is 182 cm³/mol. The van der Waals surface area contributed by atoms with Crippen LogP contribution < -0.4 is 0 Å². The van der Waals surface area contributed by atoms with E-state index in [1.54, 1.807) is 0 Å². The van der Waals surface area contributed by atoms with Crippen molar-refractivity contribution in [2.75, 3.05) is 39.6 Å². The summed E-state index contributed by atoms with van der Waals surface area (Å²) in [6, 6.07) is 0. The van der Waals surface area contributed by atoms with Gasteiger partial charge in [0.1, 0.15) is 0 Å². The zero-order valence-electron chi connectivity index (χ0n) is 31.5. The fraction of sp³-hybridized carbons (Fsp3) is 1.00. The van der Waals surface area contributed by atoms with E-state index in [4.69, 9.17) is 38.9 Å². The van der Waals surface area contributed by atoms with E-state index >= 15 is 0 Å². The van der Waals surface area contributed by atoms with Gasteiger partial charge >= 0.3 is 33.9 Å². The quantitative estimate of drug-likeness (QED) is 0.0469. The molecule has 1 radical (unpaired) electrons. The maximum Gasteiger partial charge on any atom is 3.00 e. The molecule has 0 N–H and O–H groups in total. The molecule has 0 aliphatic carbocycles. The molecular formula is C30H57CrF9N3O9S3. The van der Waals surface area contributed by atoms with Crippen LogP contribution in [0.5, 0.6) is 0 Å². The van der Waals surface area contributed by atoms with Crippen molar-refractivity contribution >= 4 is 30.4 Å². The number of hydrogen-bond acceptors (Lipinski definition) is 12. The largest absolute Gasteiger partial charge is 3.00 e. The molecule has 0 unspecified atom stereocenters. The smallest absolute Gasteiger partial charge is 0.741 e. The maximum absolute atomic E-state index is 10.7. The number of nitrogens with zero attached hydrogens (tertiary/aromatic N) is 3. The van der Waals surface area contributed by atoms with Gasteiger partial charge < -0.3 is 13.7 Å². The Bertz CT molecular complexity index is 1100. The molecule has 333 valence electrons. The Balaban J connectivity index is -0.000000420. The summed E-state index contributed by atoms with van der Waals surface area (Å²) in [7, 11) is -18.3. The molecule has 1 rings (SSSR count). The second-order valence-corrected chi connectivity index (χ2v) is 16.7. The van der Waals surface area contributed by atoms with Gasteiger partial charge in [0.05, 0.1) is 20.0 Å². The minimum Gasteiger partial charge on any atom is -0.741 e. The average Bonchev–Trinajstić information content (AvgIpc) is 3.00. The molecule has 0 bridgehead atoms. The topological polar surface area (TPSA) is 181 Å². The molecule has 25 heteroatoms. The summed E-state index contributed by atoms with van der Waals surface area (Å²) < 4.78 is 177. The molecule has 0 aromatic rings. The molecule has 1 aliphatic rings. The molecule has 1 heterocycles. The third-order valence-electron chi connectivity index (χ3n) is 7.53. The van der Waals surface area contributed by atoms with Crippen LogP contribution in [0.4, 0.5) is 39.5 Å². The molecular weight excluding hydrogens is 866 g/mol. The number of alkyl halides is 9. The monoisotopic (exact) mass is 922 g/mol. The number of hydrogen-bond donors (Lipinski definition) is 0. The second kappa shape index (κ2) is 31.4. The number of halogens is 9. The SMILES string of the molecule is CCCCCCCCN1CN(CCCCCCCC)CN(CCCCCCCC)C1.O=S(=O)([O-])C(F)(F)F.O=S(=O)([O-])C(F)(F)F.O=S(=O)([O-])C(F)(F)F.[Cr+3]. The van der Waals surface area contributed by atoms with E-state index < -0.39 is 46.9 Å². The minimum atomic E-state index is -6.09. The van der Waals surface area contributed by atoms with Crippen LogP contribution in [-0.4, -0.2) is 110 Å². The van der Waals surface area contributed by atoms with E-state index in [9.17, 15) is 39.5 Å². The van der Waals surface area contributed by atoms with Crippen molar-refractivity contribution in [1.82, 2.24) is 14.7 Å². The van der Waals surface area contributed by atoms with Gasteiger partial charge in [-0.2, -0.15) is 39.5 Å². The molecule has 55 heavy (non-hydrogen) atoms. The van der Waals surface area contributed by atoms with Gasteiger partial charge in [-0.1, -0.05) is 117 Å². The Labute approximate surface area is 332 Å². The van der Waals surface area contributed by atoms with Crippen molar-refractivity contribution in [3.63, 3.8) is 0 Å². The summed E-state index contributed by atoms with van der Waals surface area (Å²) in [5.41, 5.74) is -16.9. The van der Waals surface area contributed by atoms with Crippen molar-refractivity contribution in [2.45, 2.75) is 153 Å². The van der Waals surface area contributed by atoms with E-state index in [2.05, 4.69) is 35.5 Å². The summed E-state index contributed by atoms with van der Waals surface area (Å²) in [5.74, 6) is 0. The van der Waals surface area contributed by atoms with Gasteiger partial charge in [0, 0.05) is 19.6 Å². The standard InChI is InChI=1S/C27H57N3.3CHF3O3S.Cr/c1-4-7-10-13-16-19-22-28-25-29(23-20-17-14-11-8-5-2)27-30(26-28)24-21-18-15-12-9-6-3;3*2-1(3,4)8(5,6)7;/h4-27H2,1-3H3;3*(H,5,6,7);/q;;;;+3/p-3. The van der Waals surface area contributed by atoms with E-state index in [0.29, 0.717) is 0 Å². The van der Waals surface area contributed by atoms with Crippen LogP contribution >= 0.6 is 0 Å². The summed E-state index contributed by atoms with van der Waals surface area (Å²) in [6.07, 6.45) is 25.4. The van der Waals surface area contributed by atoms with Crippen LogP contribution in [0, 0.1) is 0 Å². The van der Waals surface area contributed by atoms with Crippen molar-refractivity contribution in [3.8, 4) is 0 Å². The Kier molecular flexibility index (Phi) is 35.0. The fourth-order valence-corrected chi connectivity index (χ4v) is 4.75. The van der Waals surface area contributed by atoms with Crippen LogP contribution in [0.3, 0.4) is 0 Å². The molecule has 1 fully saturated rings. The molecule has 0 amide bonds. The van der Waals surface area contributed by atoms with E-state index in [0.717, 1.165) is 0 Å². The number of unbranched alkanes of at least 4 members (excludes halogenated alkanes) is 15. The van der Waals surface area contributed by atoms with Crippen molar-refractivity contribution in [1.29, 1.82) is 0 Å². The van der Waals surface area contributed by atoms with Gasteiger partial charge in [0.25, 0.3) is 0 Å². The summed E-state index contributed by atoms with van der Waals surface area (Å²) >= 11 is 0.